The van der Waals surface area contributed by atoms with Crippen molar-refractivity contribution >= 4 is 10.0 Å². The molecule has 0 N–H and O–H groups in total. The Hall–Kier alpha value is -2.20. The number of sulfonamides is 1. The molecule has 1 atom stereocenters. The van der Waals surface area contributed by atoms with Crippen molar-refractivity contribution in [3.63, 3.8) is 0 Å². The van der Waals surface area contributed by atoms with Crippen LogP contribution in [-0.4, -0.2) is 43.8 Å². The zero-order chi connectivity index (χ0) is 19.3. The van der Waals surface area contributed by atoms with E-state index in [9.17, 15) is 13.7 Å². The fourth-order valence-corrected chi connectivity index (χ4v) is 4.93. The zero-order valence-corrected chi connectivity index (χ0v) is 16.4. The molecule has 1 heterocycles. The smallest absolute Gasteiger partial charge is 0.218 e. The van der Waals surface area contributed by atoms with Crippen molar-refractivity contribution in [2.45, 2.75) is 25.1 Å². The van der Waals surface area contributed by atoms with Gasteiger partial charge >= 0.3 is 0 Å². The summed E-state index contributed by atoms with van der Waals surface area (Å²) in [4.78, 5) is 2.06. The summed E-state index contributed by atoms with van der Waals surface area (Å²) in [6.07, 6.45) is 0.968. The van der Waals surface area contributed by atoms with E-state index in [1.54, 1.807) is 4.31 Å². The maximum Gasteiger partial charge on any atom is 0.218 e. The summed E-state index contributed by atoms with van der Waals surface area (Å²) in [6.45, 7) is 4.05. The second-order valence-corrected chi connectivity index (χ2v) is 8.77. The van der Waals surface area contributed by atoms with Crippen LogP contribution in [0, 0.1) is 11.3 Å². The van der Waals surface area contributed by atoms with E-state index in [0.29, 0.717) is 26.2 Å². The van der Waals surface area contributed by atoms with Crippen molar-refractivity contribution < 1.29 is 8.42 Å². The molecule has 0 spiro atoms. The lowest BCUT2D eigenvalue weighted by Crippen LogP contribution is -2.49. The van der Waals surface area contributed by atoms with Crippen LogP contribution in [0.2, 0.25) is 0 Å². The fraction of sp³-hybridized carbons (Fsp3) is 0.381. The van der Waals surface area contributed by atoms with Gasteiger partial charge in [0.1, 0.15) is 6.04 Å². The van der Waals surface area contributed by atoms with E-state index in [0.717, 1.165) is 17.5 Å². The maximum atomic E-state index is 12.7. The van der Waals surface area contributed by atoms with E-state index < -0.39 is 10.0 Å². The highest BCUT2D eigenvalue weighted by molar-refractivity contribution is 7.88. The molecule has 1 unspecified atom stereocenters. The normalized spacial score (nSPS) is 17.3. The molecular weight excluding hydrogens is 358 g/mol. The van der Waals surface area contributed by atoms with Gasteiger partial charge in [-0.1, -0.05) is 61.5 Å². The molecule has 6 heteroatoms. The Morgan fingerprint density at radius 2 is 1.59 bits per heavy atom. The van der Waals surface area contributed by atoms with Gasteiger partial charge in [-0.05, 0) is 23.1 Å². The van der Waals surface area contributed by atoms with Crippen molar-refractivity contribution in [1.29, 1.82) is 5.26 Å². The minimum absolute atomic E-state index is 0.0218. The van der Waals surface area contributed by atoms with E-state index in [-0.39, 0.29) is 11.8 Å². The Labute approximate surface area is 161 Å². The Morgan fingerprint density at radius 1 is 0.963 bits per heavy atom. The standard InChI is InChI=1S/C21H25N3O2S/c1-2-18-8-10-20(11-9-18)21(16-22)23-12-14-24(15-13-23)27(25,26)17-19-6-4-3-5-7-19/h3-11,21H,2,12-15,17H2,1H3. The molecule has 0 bridgehead atoms. The molecule has 5 nitrogen and oxygen atoms in total. The van der Waals surface area contributed by atoms with Gasteiger partial charge in [0.15, 0.2) is 0 Å². The van der Waals surface area contributed by atoms with Gasteiger partial charge in [0.2, 0.25) is 10.0 Å². The second kappa shape index (κ2) is 8.66. The second-order valence-electron chi connectivity index (χ2n) is 6.80. The molecular formula is C21H25N3O2S. The first-order chi connectivity index (χ1) is 13.0. The summed E-state index contributed by atoms with van der Waals surface area (Å²) in [7, 11) is -3.34. The third-order valence-electron chi connectivity index (χ3n) is 5.05. The minimum Gasteiger partial charge on any atom is -0.282 e. The molecule has 142 valence electrons. The van der Waals surface area contributed by atoms with Gasteiger partial charge < -0.3 is 0 Å². The molecule has 2 aromatic rings. The quantitative estimate of drug-likeness (QED) is 0.769. The summed E-state index contributed by atoms with van der Waals surface area (Å²) in [5.41, 5.74) is 3.01. The molecule has 2 aromatic carbocycles. The van der Waals surface area contributed by atoms with Crippen molar-refractivity contribution in [2.24, 2.45) is 0 Å². The Morgan fingerprint density at radius 3 is 2.15 bits per heavy atom. The van der Waals surface area contributed by atoms with Crippen molar-refractivity contribution in [2.75, 3.05) is 26.2 Å². The summed E-state index contributed by atoms with van der Waals surface area (Å²) in [5, 5.41) is 9.66. The maximum absolute atomic E-state index is 12.7. The first kappa shape index (κ1) is 19.6. The van der Waals surface area contributed by atoms with Crippen molar-refractivity contribution in [3.05, 3.63) is 71.3 Å². The van der Waals surface area contributed by atoms with Gasteiger partial charge in [0, 0.05) is 26.2 Å². The lowest BCUT2D eigenvalue weighted by molar-refractivity contribution is 0.162. The van der Waals surface area contributed by atoms with Crippen molar-refractivity contribution in [3.8, 4) is 6.07 Å². The van der Waals surface area contributed by atoms with E-state index in [1.165, 1.54) is 5.56 Å². The third kappa shape index (κ3) is 4.75. The van der Waals surface area contributed by atoms with E-state index in [4.69, 9.17) is 0 Å². The molecule has 0 radical (unpaired) electrons. The summed E-state index contributed by atoms with van der Waals surface area (Å²) < 4.78 is 26.9. The molecule has 1 saturated heterocycles. The number of hydrogen-bond donors (Lipinski definition) is 0. The van der Waals surface area contributed by atoms with Crippen LogP contribution in [-0.2, 0) is 22.2 Å². The molecule has 0 amide bonds. The van der Waals surface area contributed by atoms with Crippen LogP contribution in [0.5, 0.6) is 0 Å². The largest absolute Gasteiger partial charge is 0.282 e. The molecule has 0 aromatic heterocycles. The average Bonchev–Trinajstić information content (AvgIpc) is 2.70. The SMILES string of the molecule is CCc1ccc(C(C#N)N2CCN(S(=O)(=O)Cc3ccccc3)CC2)cc1. The van der Waals surface area contributed by atoms with Crippen LogP contribution < -0.4 is 0 Å². The van der Waals surface area contributed by atoms with Crippen LogP contribution in [0.25, 0.3) is 0 Å². The fourth-order valence-electron chi connectivity index (χ4n) is 3.42. The Balaban J connectivity index is 1.64. The Bertz CT molecular complexity index is 881. The first-order valence-corrected chi connectivity index (χ1v) is 10.9. The number of nitriles is 1. The van der Waals surface area contributed by atoms with Gasteiger partial charge in [0.25, 0.3) is 0 Å². The lowest BCUT2D eigenvalue weighted by atomic mass is 10.0. The lowest BCUT2D eigenvalue weighted by Gasteiger charge is -2.36. The van der Waals surface area contributed by atoms with E-state index in [1.807, 2.05) is 42.5 Å². The highest BCUT2D eigenvalue weighted by atomic mass is 32.2. The molecule has 1 fully saturated rings. The molecule has 0 aliphatic carbocycles. The number of aryl methyl sites for hydroxylation is 1. The van der Waals surface area contributed by atoms with Crippen LogP contribution in [0.3, 0.4) is 0 Å². The summed E-state index contributed by atoms with van der Waals surface area (Å²) in [6, 6.07) is 19.4. The molecule has 0 saturated carbocycles. The topological polar surface area (TPSA) is 64.4 Å². The third-order valence-corrected chi connectivity index (χ3v) is 6.90. The van der Waals surface area contributed by atoms with E-state index in [2.05, 4.69) is 30.0 Å². The van der Waals surface area contributed by atoms with Gasteiger partial charge in [0.05, 0.1) is 11.8 Å². The molecule has 1 aliphatic heterocycles. The predicted octanol–water partition coefficient (Wildman–Crippen LogP) is 2.96. The number of piperazine rings is 1. The highest BCUT2D eigenvalue weighted by Crippen LogP contribution is 2.23. The molecule has 1 aliphatic rings. The molecule has 27 heavy (non-hydrogen) atoms. The average molecular weight is 384 g/mol. The van der Waals surface area contributed by atoms with Gasteiger partial charge in [-0.2, -0.15) is 9.57 Å². The van der Waals surface area contributed by atoms with E-state index >= 15 is 0 Å². The van der Waals surface area contributed by atoms with Crippen LogP contribution in [0.4, 0.5) is 0 Å². The zero-order valence-electron chi connectivity index (χ0n) is 15.6. The van der Waals surface area contributed by atoms with Crippen LogP contribution in [0.1, 0.15) is 29.7 Å². The number of nitrogens with zero attached hydrogens (tertiary/aromatic N) is 3. The number of benzene rings is 2. The predicted molar refractivity (Wildman–Crippen MR) is 106 cm³/mol. The monoisotopic (exact) mass is 383 g/mol. The van der Waals surface area contributed by atoms with Crippen LogP contribution >= 0.6 is 0 Å². The van der Waals surface area contributed by atoms with Gasteiger partial charge in [-0.25, -0.2) is 8.42 Å². The number of rotatable bonds is 6. The highest BCUT2D eigenvalue weighted by Gasteiger charge is 2.30. The molecule has 3 rings (SSSR count). The summed E-state index contributed by atoms with van der Waals surface area (Å²) >= 11 is 0. The minimum atomic E-state index is -3.34. The van der Waals surface area contributed by atoms with Crippen LogP contribution in [0.15, 0.2) is 54.6 Å². The first-order valence-electron chi connectivity index (χ1n) is 9.27. The number of hydrogen-bond acceptors (Lipinski definition) is 4. The summed E-state index contributed by atoms with van der Waals surface area (Å²) in [5.74, 6) is 0.0218. The van der Waals surface area contributed by atoms with Gasteiger partial charge in [-0.3, -0.25) is 4.90 Å². The Kier molecular flexibility index (Phi) is 6.27. The van der Waals surface area contributed by atoms with Crippen molar-refractivity contribution in [1.82, 2.24) is 9.21 Å². The van der Waals surface area contributed by atoms with Gasteiger partial charge in [-0.15, -0.1) is 0 Å².